The van der Waals surface area contributed by atoms with Crippen LogP contribution in [0.15, 0.2) is 0 Å². The Bertz CT molecular complexity index is 217. The SMILES string of the molecule is CCC(=O)CC12CCC(C)(CC1)CC2. The number of rotatable bonds is 3. The van der Waals surface area contributed by atoms with Gasteiger partial charge in [-0.05, 0) is 49.4 Å². The monoisotopic (exact) mass is 194 g/mol. The summed E-state index contributed by atoms with van der Waals surface area (Å²) in [6, 6.07) is 0. The summed E-state index contributed by atoms with van der Waals surface area (Å²) >= 11 is 0. The van der Waals surface area contributed by atoms with Gasteiger partial charge in [-0.25, -0.2) is 0 Å². The Labute approximate surface area is 87.3 Å². The molecule has 0 saturated heterocycles. The lowest BCUT2D eigenvalue weighted by molar-refractivity contribution is -0.124. The van der Waals surface area contributed by atoms with Gasteiger partial charge in [-0.15, -0.1) is 0 Å². The number of hydrogen-bond acceptors (Lipinski definition) is 1. The summed E-state index contributed by atoms with van der Waals surface area (Å²) in [4.78, 5) is 11.5. The Hall–Kier alpha value is -0.330. The summed E-state index contributed by atoms with van der Waals surface area (Å²) in [5, 5.41) is 0. The van der Waals surface area contributed by atoms with E-state index in [-0.39, 0.29) is 0 Å². The normalized spacial score (nSPS) is 41.3. The second kappa shape index (κ2) is 3.36. The fourth-order valence-corrected chi connectivity index (χ4v) is 3.26. The topological polar surface area (TPSA) is 17.1 Å². The smallest absolute Gasteiger partial charge is 0.133 e. The van der Waals surface area contributed by atoms with Gasteiger partial charge in [-0.1, -0.05) is 13.8 Å². The molecule has 0 N–H and O–H groups in total. The lowest BCUT2D eigenvalue weighted by atomic mass is 9.53. The molecule has 0 amide bonds. The third-order valence-corrected chi connectivity index (χ3v) is 4.74. The van der Waals surface area contributed by atoms with Crippen LogP contribution in [0.1, 0.15) is 65.2 Å². The van der Waals surface area contributed by atoms with Gasteiger partial charge < -0.3 is 0 Å². The molecule has 0 aliphatic heterocycles. The molecule has 80 valence electrons. The molecule has 1 heteroatoms. The fraction of sp³-hybridized carbons (Fsp3) is 0.923. The van der Waals surface area contributed by atoms with Crippen LogP contribution in [0.4, 0.5) is 0 Å². The molecule has 0 aromatic rings. The van der Waals surface area contributed by atoms with Crippen molar-refractivity contribution in [3.63, 3.8) is 0 Å². The average Bonchev–Trinajstić information content (AvgIpc) is 2.20. The van der Waals surface area contributed by atoms with Crippen LogP contribution < -0.4 is 0 Å². The predicted octanol–water partition coefficient (Wildman–Crippen LogP) is 3.72. The van der Waals surface area contributed by atoms with Gasteiger partial charge in [-0.3, -0.25) is 4.79 Å². The first-order chi connectivity index (χ1) is 6.58. The minimum absolute atomic E-state index is 0.435. The first-order valence-electron chi connectivity index (χ1n) is 6.09. The Morgan fingerprint density at radius 2 is 1.57 bits per heavy atom. The molecule has 0 atom stereocenters. The Balaban J connectivity index is 2.01. The lowest BCUT2D eigenvalue weighted by Gasteiger charge is -2.52. The van der Waals surface area contributed by atoms with Crippen molar-refractivity contribution in [1.29, 1.82) is 0 Å². The second-order valence-electron chi connectivity index (χ2n) is 5.88. The summed E-state index contributed by atoms with van der Waals surface area (Å²) < 4.78 is 0. The van der Waals surface area contributed by atoms with Crippen molar-refractivity contribution in [3.05, 3.63) is 0 Å². The minimum Gasteiger partial charge on any atom is -0.300 e. The molecule has 0 aromatic heterocycles. The highest BCUT2D eigenvalue weighted by molar-refractivity contribution is 5.78. The van der Waals surface area contributed by atoms with Gasteiger partial charge in [0.2, 0.25) is 0 Å². The van der Waals surface area contributed by atoms with Crippen molar-refractivity contribution in [2.45, 2.75) is 65.2 Å². The standard InChI is InChI=1S/C13H22O/c1-3-11(14)10-13-7-4-12(2,5-8-13)6-9-13/h3-10H2,1-2H3. The molecule has 0 aromatic carbocycles. The lowest BCUT2D eigenvalue weighted by Crippen LogP contribution is -2.40. The molecule has 0 spiro atoms. The largest absolute Gasteiger partial charge is 0.300 e. The summed E-state index contributed by atoms with van der Waals surface area (Å²) in [6.45, 7) is 4.42. The van der Waals surface area contributed by atoms with Gasteiger partial charge in [0.1, 0.15) is 5.78 Å². The molecule has 3 aliphatic carbocycles. The van der Waals surface area contributed by atoms with Crippen molar-refractivity contribution >= 4 is 5.78 Å². The van der Waals surface area contributed by atoms with E-state index in [1.807, 2.05) is 6.92 Å². The van der Waals surface area contributed by atoms with Crippen LogP contribution >= 0.6 is 0 Å². The molecule has 3 fully saturated rings. The molecule has 2 bridgehead atoms. The third kappa shape index (κ3) is 1.74. The van der Waals surface area contributed by atoms with E-state index in [0.29, 0.717) is 16.6 Å². The zero-order valence-electron chi connectivity index (χ0n) is 9.57. The van der Waals surface area contributed by atoms with E-state index in [2.05, 4.69) is 6.92 Å². The maximum Gasteiger partial charge on any atom is 0.133 e. The Morgan fingerprint density at radius 3 is 2.00 bits per heavy atom. The molecule has 0 unspecified atom stereocenters. The number of Topliss-reactive ketones (excluding diaryl/α,β-unsaturated/α-hetero) is 1. The van der Waals surface area contributed by atoms with Gasteiger partial charge >= 0.3 is 0 Å². The van der Waals surface area contributed by atoms with Crippen molar-refractivity contribution in [2.75, 3.05) is 0 Å². The van der Waals surface area contributed by atoms with Gasteiger partial charge in [0.15, 0.2) is 0 Å². The number of ketones is 1. The highest BCUT2D eigenvalue weighted by Crippen LogP contribution is 2.58. The van der Waals surface area contributed by atoms with Crippen molar-refractivity contribution in [1.82, 2.24) is 0 Å². The van der Waals surface area contributed by atoms with E-state index in [1.54, 1.807) is 0 Å². The van der Waals surface area contributed by atoms with E-state index in [9.17, 15) is 4.79 Å². The van der Waals surface area contributed by atoms with Crippen molar-refractivity contribution < 1.29 is 4.79 Å². The van der Waals surface area contributed by atoms with Crippen LogP contribution in [-0.2, 0) is 4.79 Å². The molecule has 3 saturated carbocycles. The van der Waals surface area contributed by atoms with Gasteiger partial charge in [-0.2, -0.15) is 0 Å². The van der Waals surface area contributed by atoms with E-state index in [4.69, 9.17) is 0 Å². The average molecular weight is 194 g/mol. The Morgan fingerprint density at radius 1 is 1.07 bits per heavy atom. The highest BCUT2D eigenvalue weighted by Gasteiger charge is 2.46. The van der Waals surface area contributed by atoms with Crippen LogP contribution in [-0.4, -0.2) is 5.78 Å². The molecule has 3 rings (SSSR count). The highest BCUT2D eigenvalue weighted by atomic mass is 16.1. The summed E-state index contributed by atoms with van der Waals surface area (Å²) in [6.07, 6.45) is 9.65. The first kappa shape index (κ1) is 10.2. The van der Waals surface area contributed by atoms with Crippen LogP contribution in [0.2, 0.25) is 0 Å². The number of carbonyl (C=O) groups is 1. The van der Waals surface area contributed by atoms with E-state index >= 15 is 0 Å². The van der Waals surface area contributed by atoms with Gasteiger partial charge in [0.05, 0.1) is 0 Å². The molecule has 14 heavy (non-hydrogen) atoms. The molecule has 3 aliphatic rings. The van der Waals surface area contributed by atoms with Crippen LogP contribution in [0.3, 0.4) is 0 Å². The third-order valence-electron chi connectivity index (χ3n) is 4.74. The zero-order chi connectivity index (χ0) is 10.2. The maximum atomic E-state index is 11.5. The number of fused-ring (bicyclic) bond motifs is 3. The number of hydrogen-bond donors (Lipinski definition) is 0. The predicted molar refractivity (Wildman–Crippen MR) is 58.2 cm³/mol. The second-order valence-corrected chi connectivity index (χ2v) is 5.88. The molecular weight excluding hydrogens is 172 g/mol. The summed E-state index contributed by atoms with van der Waals surface area (Å²) in [5.74, 6) is 0.482. The minimum atomic E-state index is 0.435. The zero-order valence-corrected chi connectivity index (χ0v) is 9.57. The van der Waals surface area contributed by atoms with Crippen molar-refractivity contribution in [2.24, 2.45) is 10.8 Å². The first-order valence-corrected chi connectivity index (χ1v) is 6.09. The van der Waals surface area contributed by atoms with Crippen LogP contribution in [0.5, 0.6) is 0 Å². The summed E-state index contributed by atoms with van der Waals surface area (Å²) in [5.41, 5.74) is 1.07. The molecular formula is C13H22O. The quantitative estimate of drug-likeness (QED) is 0.669. The van der Waals surface area contributed by atoms with Crippen LogP contribution in [0, 0.1) is 10.8 Å². The van der Waals surface area contributed by atoms with E-state index < -0.39 is 0 Å². The molecule has 0 heterocycles. The fourth-order valence-electron chi connectivity index (χ4n) is 3.26. The van der Waals surface area contributed by atoms with E-state index in [1.165, 1.54) is 38.5 Å². The molecule has 0 radical (unpaired) electrons. The summed E-state index contributed by atoms with van der Waals surface area (Å²) in [7, 11) is 0. The Kier molecular flexibility index (Phi) is 2.45. The van der Waals surface area contributed by atoms with Gasteiger partial charge in [0, 0.05) is 12.8 Å². The van der Waals surface area contributed by atoms with E-state index in [0.717, 1.165) is 12.8 Å². The maximum absolute atomic E-state index is 11.5. The van der Waals surface area contributed by atoms with Crippen molar-refractivity contribution in [3.8, 4) is 0 Å². The molecule has 1 nitrogen and oxygen atoms in total. The van der Waals surface area contributed by atoms with Gasteiger partial charge in [0.25, 0.3) is 0 Å². The van der Waals surface area contributed by atoms with Crippen LogP contribution in [0.25, 0.3) is 0 Å². The number of carbonyl (C=O) groups excluding carboxylic acids is 1.